The van der Waals surface area contributed by atoms with Crippen molar-refractivity contribution in [2.45, 2.75) is 25.4 Å². The first-order valence-corrected chi connectivity index (χ1v) is 16.1. The van der Waals surface area contributed by atoms with Gasteiger partial charge >= 0.3 is 0 Å². The molecular weight excluding hydrogens is 624 g/mol. The summed E-state index contributed by atoms with van der Waals surface area (Å²) < 4.78 is 83.8. The van der Waals surface area contributed by atoms with Gasteiger partial charge in [0.2, 0.25) is 10.0 Å². The number of aromatic amines is 2. The minimum atomic E-state index is -3.49. The molecule has 1 aliphatic rings. The van der Waals surface area contributed by atoms with Crippen LogP contribution in [0.1, 0.15) is 17.5 Å². The highest BCUT2D eigenvalue weighted by Crippen LogP contribution is 2.36. The number of alkyl halides is 2. The van der Waals surface area contributed by atoms with Crippen molar-refractivity contribution < 1.29 is 26.0 Å². The summed E-state index contributed by atoms with van der Waals surface area (Å²) >= 11 is 0. The number of imidazole rings is 1. The van der Waals surface area contributed by atoms with Crippen LogP contribution in [0.3, 0.4) is 0 Å². The minimum Gasteiger partial charge on any atom is -0.321 e. The van der Waals surface area contributed by atoms with Crippen molar-refractivity contribution in [3.8, 4) is 33.8 Å². The maximum atomic E-state index is 16.3. The van der Waals surface area contributed by atoms with Crippen LogP contribution in [-0.4, -0.2) is 68.7 Å². The fraction of sp³-hybridized carbons (Fsp3) is 0.226. The molecule has 46 heavy (non-hydrogen) atoms. The molecule has 1 fully saturated rings. The summed E-state index contributed by atoms with van der Waals surface area (Å²) in [5.74, 6) is -3.64. The van der Waals surface area contributed by atoms with E-state index in [9.17, 15) is 21.6 Å². The Balaban J connectivity index is 1.25. The molecule has 6 aromatic rings. The number of halogens is 4. The molecule has 0 radical (unpaired) electrons. The number of hydrogen-bond donors (Lipinski definition) is 3. The van der Waals surface area contributed by atoms with Gasteiger partial charge in [-0.15, -0.1) is 0 Å². The average Bonchev–Trinajstić information content (AvgIpc) is 3.72. The van der Waals surface area contributed by atoms with E-state index in [1.165, 1.54) is 24.5 Å². The summed E-state index contributed by atoms with van der Waals surface area (Å²) in [5, 5.41) is 7.33. The lowest BCUT2D eigenvalue weighted by Crippen LogP contribution is -2.24. The number of H-pyrrole nitrogens is 2. The van der Waals surface area contributed by atoms with Gasteiger partial charge in [-0.3, -0.25) is 15.0 Å². The predicted octanol–water partition coefficient (Wildman–Crippen LogP) is 5.40. The third-order valence-corrected chi connectivity index (χ3v) is 8.51. The smallest absolute Gasteiger partial charge is 0.261 e. The van der Waals surface area contributed by atoms with Crippen molar-refractivity contribution in [3.05, 3.63) is 83.8 Å². The van der Waals surface area contributed by atoms with E-state index >= 15 is 4.39 Å². The maximum absolute atomic E-state index is 16.3. The van der Waals surface area contributed by atoms with Gasteiger partial charge in [-0.05, 0) is 59.2 Å². The molecule has 7 rings (SSSR count). The lowest BCUT2D eigenvalue weighted by Gasteiger charge is -2.16. The Labute approximate surface area is 260 Å². The summed E-state index contributed by atoms with van der Waals surface area (Å²) in [4.78, 5) is 18.0. The number of nitrogens with one attached hydrogen (secondary N) is 3. The Bertz CT molecular complexity index is 2240. The van der Waals surface area contributed by atoms with Crippen molar-refractivity contribution in [2.24, 2.45) is 0 Å². The molecular formula is C31H26F4N8O2S. The number of likely N-dealkylation sites (tertiary alicyclic amines) is 1. The Morgan fingerprint density at radius 3 is 2.63 bits per heavy atom. The first-order chi connectivity index (χ1) is 21.9. The fourth-order valence-corrected chi connectivity index (χ4v) is 6.20. The van der Waals surface area contributed by atoms with Gasteiger partial charge in [0.15, 0.2) is 11.5 Å². The second-order valence-corrected chi connectivity index (χ2v) is 13.2. The molecule has 15 heteroatoms. The molecule has 0 aliphatic carbocycles. The first kappa shape index (κ1) is 30.0. The molecule has 1 saturated heterocycles. The van der Waals surface area contributed by atoms with Gasteiger partial charge in [-0.1, -0.05) is 0 Å². The van der Waals surface area contributed by atoms with E-state index in [4.69, 9.17) is 0 Å². The van der Waals surface area contributed by atoms with Crippen LogP contribution in [-0.2, 0) is 23.1 Å². The molecule has 10 nitrogen and oxygen atoms in total. The zero-order chi connectivity index (χ0) is 32.2. The van der Waals surface area contributed by atoms with E-state index in [1.54, 1.807) is 41.4 Å². The molecule has 236 valence electrons. The van der Waals surface area contributed by atoms with Crippen LogP contribution < -0.4 is 4.72 Å². The standard InChI is InChI=1S/C31H26F4N8O2S/c1-46(44,45)38-13-17-8-19(11-21(32)10-17)23-4-6-37-29-27(23)39-30(40-29)28-25-24(41-42-28)3-2-22(26(25)33)20-9-18(12-36-14-20)15-43-7-5-31(34,35)16-43/h2-4,6,8-12,14,38H,5,7,13,15-16H2,1H3,(H,41,42)(H,37,39,40). The van der Waals surface area contributed by atoms with E-state index in [2.05, 4.69) is 34.9 Å². The van der Waals surface area contributed by atoms with Crippen LogP contribution in [0.25, 0.3) is 55.8 Å². The monoisotopic (exact) mass is 650 g/mol. The normalized spacial score (nSPS) is 15.3. The Kier molecular flexibility index (Phi) is 7.33. The highest BCUT2D eigenvalue weighted by atomic mass is 32.2. The highest BCUT2D eigenvalue weighted by Gasteiger charge is 2.38. The molecule has 2 aromatic carbocycles. The van der Waals surface area contributed by atoms with Crippen LogP contribution in [0, 0.1) is 11.6 Å². The van der Waals surface area contributed by atoms with Gasteiger partial charge in [0.05, 0.1) is 23.7 Å². The summed E-state index contributed by atoms with van der Waals surface area (Å²) in [6.07, 6.45) is 5.44. The molecule has 0 bridgehead atoms. The molecule has 0 amide bonds. The number of sulfonamides is 1. The molecule has 5 heterocycles. The first-order valence-electron chi connectivity index (χ1n) is 14.2. The van der Waals surface area contributed by atoms with Crippen molar-refractivity contribution >= 4 is 32.1 Å². The Morgan fingerprint density at radius 2 is 1.85 bits per heavy atom. The molecule has 3 N–H and O–H groups in total. The number of benzene rings is 2. The van der Waals surface area contributed by atoms with E-state index in [0.717, 1.165) is 6.26 Å². The van der Waals surface area contributed by atoms with E-state index < -0.39 is 27.6 Å². The van der Waals surface area contributed by atoms with Crippen molar-refractivity contribution in [1.82, 2.24) is 39.8 Å². The number of nitrogens with zero attached hydrogens (tertiary/aromatic N) is 5. The molecule has 1 aliphatic heterocycles. The second kappa shape index (κ2) is 11.3. The largest absolute Gasteiger partial charge is 0.321 e. The van der Waals surface area contributed by atoms with Crippen molar-refractivity contribution in [3.63, 3.8) is 0 Å². The lowest BCUT2D eigenvalue weighted by molar-refractivity contribution is 0.0115. The average molecular weight is 651 g/mol. The quantitative estimate of drug-likeness (QED) is 0.188. The van der Waals surface area contributed by atoms with E-state index in [0.29, 0.717) is 44.5 Å². The number of aromatic nitrogens is 6. The Hall–Kier alpha value is -4.73. The molecule has 0 unspecified atom stereocenters. The summed E-state index contributed by atoms with van der Waals surface area (Å²) in [6, 6.07) is 10.9. The summed E-state index contributed by atoms with van der Waals surface area (Å²) in [5.41, 5.74) is 4.13. The van der Waals surface area contributed by atoms with Gasteiger partial charge < -0.3 is 4.98 Å². The molecule has 0 saturated carbocycles. The van der Waals surface area contributed by atoms with Gasteiger partial charge in [-0.2, -0.15) is 5.10 Å². The zero-order valence-electron chi connectivity index (χ0n) is 24.3. The molecule has 0 spiro atoms. The van der Waals surface area contributed by atoms with Gasteiger partial charge in [0.25, 0.3) is 5.92 Å². The topological polar surface area (TPSA) is 133 Å². The number of rotatable bonds is 8. The fourth-order valence-electron chi connectivity index (χ4n) is 5.77. The number of fused-ring (bicyclic) bond motifs is 2. The van der Waals surface area contributed by atoms with Crippen LogP contribution >= 0.6 is 0 Å². The van der Waals surface area contributed by atoms with Crippen molar-refractivity contribution in [1.29, 1.82) is 0 Å². The lowest BCUT2D eigenvalue weighted by atomic mass is 10.0. The SMILES string of the molecule is CS(=O)(=O)NCc1cc(F)cc(-c2ccnc3[nH]c(-c4n[nH]c5ccc(-c6cncc(CN7CCC(F)(F)C7)c6)c(F)c45)nc23)c1. The third-order valence-electron chi connectivity index (χ3n) is 7.84. The zero-order valence-corrected chi connectivity index (χ0v) is 25.1. The number of pyridine rings is 2. The summed E-state index contributed by atoms with van der Waals surface area (Å²) in [7, 11) is -3.49. The van der Waals surface area contributed by atoms with Gasteiger partial charge in [-0.25, -0.2) is 40.7 Å². The maximum Gasteiger partial charge on any atom is 0.261 e. The van der Waals surface area contributed by atoms with Crippen LogP contribution in [0.15, 0.2) is 61.1 Å². The van der Waals surface area contributed by atoms with Crippen molar-refractivity contribution in [2.75, 3.05) is 19.3 Å². The summed E-state index contributed by atoms with van der Waals surface area (Å²) in [6.45, 7) is 0.110. The third kappa shape index (κ3) is 5.96. The molecule has 0 atom stereocenters. The minimum absolute atomic E-state index is 0.100. The van der Waals surface area contributed by atoms with Crippen LogP contribution in [0.2, 0.25) is 0 Å². The molecule has 4 aromatic heterocycles. The van der Waals surface area contributed by atoms with Crippen LogP contribution in [0.5, 0.6) is 0 Å². The highest BCUT2D eigenvalue weighted by molar-refractivity contribution is 7.88. The van der Waals surface area contributed by atoms with E-state index in [-0.39, 0.29) is 55.1 Å². The van der Waals surface area contributed by atoms with E-state index in [1.807, 2.05) is 0 Å². The predicted molar refractivity (Wildman–Crippen MR) is 164 cm³/mol. The second-order valence-electron chi connectivity index (χ2n) is 11.4. The van der Waals surface area contributed by atoms with Gasteiger partial charge in [0.1, 0.15) is 22.8 Å². The Morgan fingerprint density at radius 1 is 1.02 bits per heavy atom. The number of hydrogen-bond acceptors (Lipinski definition) is 7. The van der Waals surface area contributed by atoms with Crippen LogP contribution in [0.4, 0.5) is 17.6 Å². The van der Waals surface area contributed by atoms with Gasteiger partial charge in [0, 0.05) is 61.3 Å².